The van der Waals surface area contributed by atoms with Gasteiger partial charge in [-0.1, -0.05) is 66.2 Å². The lowest BCUT2D eigenvalue weighted by Crippen LogP contribution is -2.16. The van der Waals surface area contributed by atoms with E-state index < -0.39 is 18.0 Å². The molecule has 4 nitrogen and oxygen atoms in total. The van der Waals surface area contributed by atoms with Gasteiger partial charge in [0.25, 0.3) is 0 Å². The maximum atomic E-state index is 14.1. The normalized spacial score (nSPS) is 13.8. The Morgan fingerprint density at radius 2 is 1.78 bits per heavy atom. The van der Waals surface area contributed by atoms with E-state index in [1.54, 1.807) is 38.3 Å². The zero-order valence-electron chi connectivity index (χ0n) is 19.9. The van der Waals surface area contributed by atoms with Crippen molar-refractivity contribution >= 4 is 34.7 Å². The molecule has 1 fully saturated rings. The number of benzene rings is 3. The van der Waals surface area contributed by atoms with Gasteiger partial charge in [-0.2, -0.15) is 0 Å². The van der Waals surface area contributed by atoms with E-state index in [2.05, 4.69) is 29.6 Å². The molecule has 1 heterocycles. The number of halogens is 2. The van der Waals surface area contributed by atoms with Gasteiger partial charge in [-0.25, -0.2) is 9.18 Å². The van der Waals surface area contributed by atoms with Crippen LogP contribution in [0.3, 0.4) is 0 Å². The van der Waals surface area contributed by atoms with Crippen LogP contribution in [-0.2, 0) is 4.74 Å². The highest BCUT2D eigenvalue weighted by molar-refractivity contribution is 7.20. The number of carbonyl (C=O) groups is 1. The van der Waals surface area contributed by atoms with Crippen LogP contribution in [0.4, 0.5) is 14.9 Å². The zero-order valence-corrected chi connectivity index (χ0v) is 21.5. The molecule has 1 amide bonds. The molecule has 1 atom stereocenters. The largest absolute Gasteiger partial charge is 0.496 e. The molecule has 0 radical (unpaired) electrons. The lowest BCUT2D eigenvalue weighted by Gasteiger charge is -2.15. The Bertz CT molecular complexity index is 1400. The average molecular weight is 522 g/mol. The summed E-state index contributed by atoms with van der Waals surface area (Å²) < 4.78 is 25.7. The van der Waals surface area contributed by atoms with Gasteiger partial charge >= 0.3 is 6.09 Å². The van der Waals surface area contributed by atoms with E-state index in [1.165, 1.54) is 35.8 Å². The number of nitrogens with one attached hydrogen (secondary N) is 1. The number of anilines is 1. The average Bonchev–Trinajstić information content (AvgIpc) is 3.66. The number of rotatable bonds is 7. The number of thiophene rings is 1. The van der Waals surface area contributed by atoms with Crippen molar-refractivity contribution in [3.05, 3.63) is 94.1 Å². The summed E-state index contributed by atoms with van der Waals surface area (Å²) in [7, 11) is 1.64. The Kier molecular flexibility index (Phi) is 6.99. The molecule has 3 aromatic carbocycles. The second-order valence-corrected chi connectivity index (χ2v) is 10.5. The Morgan fingerprint density at radius 3 is 2.47 bits per heavy atom. The Hall–Kier alpha value is -3.35. The van der Waals surface area contributed by atoms with Crippen LogP contribution in [0.2, 0.25) is 4.34 Å². The molecule has 1 unspecified atom stereocenters. The highest BCUT2D eigenvalue weighted by Crippen LogP contribution is 2.44. The fraction of sp³-hybridized carbons (Fsp3) is 0.207. The van der Waals surface area contributed by atoms with Crippen molar-refractivity contribution in [3.63, 3.8) is 0 Å². The van der Waals surface area contributed by atoms with Crippen LogP contribution in [0.5, 0.6) is 5.75 Å². The van der Waals surface area contributed by atoms with Gasteiger partial charge in [-0.05, 0) is 60.6 Å². The maximum Gasteiger partial charge on any atom is 0.412 e. The highest BCUT2D eigenvalue weighted by atomic mass is 35.5. The van der Waals surface area contributed by atoms with Crippen molar-refractivity contribution in [2.24, 2.45) is 0 Å². The van der Waals surface area contributed by atoms with Crippen molar-refractivity contribution in [2.75, 3.05) is 12.4 Å². The van der Waals surface area contributed by atoms with Crippen LogP contribution in [0, 0.1) is 5.82 Å². The van der Waals surface area contributed by atoms with Crippen LogP contribution in [0.1, 0.15) is 42.9 Å². The predicted octanol–water partition coefficient (Wildman–Crippen LogP) is 9.07. The van der Waals surface area contributed by atoms with Gasteiger partial charge in [0.05, 0.1) is 22.0 Å². The molecule has 5 rings (SSSR count). The molecule has 0 aliphatic heterocycles. The lowest BCUT2D eigenvalue weighted by molar-refractivity contribution is 0.119. The summed E-state index contributed by atoms with van der Waals surface area (Å²) in [6.07, 6.45) is 1.09. The molecular weight excluding hydrogens is 497 g/mol. The number of hydrogen-bond donors (Lipinski definition) is 1. The SMILES string of the molecule is COc1cc(-c2sc(Cl)cc2NC(=O)OC(C)c2ccccc2F)ccc1-c1ccc(C2CC2)cc1. The summed E-state index contributed by atoms with van der Waals surface area (Å²) in [5.74, 6) is 1.00. The quantitative estimate of drug-likeness (QED) is 0.264. The first-order chi connectivity index (χ1) is 17.4. The monoisotopic (exact) mass is 521 g/mol. The molecule has 0 spiro atoms. The van der Waals surface area contributed by atoms with Gasteiger partial charge < -0.3 is 9.47 Å². The first-order valence-corrected chi connectivity index (χ1v) is 12.9. The minimum atomic E-state index is -0.755. The molecule has 1 saturated carbocycles. The van der Waals surface area contributed by atoms with Crippen molar-refractivity contribution in [2.45, 2.75) is 31.8 Å². The van der Waals surface area contributed by atoms with E-state index in [9.17, 15) is 9.18 Å². The summed E-state index contributed by atoms with van der Waals surface area (Å²) in [5.41, 5.74) is 5.12. The number of amides is 1. The second-order valence-electron chi connectivity index (χ2n) is 8.80. The minimum absolute atomic E-state index is 0.307. The molecule has 1 aliphatic rings. The zero-order chi connectivity index (χ0) is 25.2. The molecule has 184 valence electrons. The van der Waals surface area contributed by atoms with Crippen molar-refractivity contribution in [3.8, 4) is 27.3 Å². The topological polar surface area (TPSA) is 47.6 Å². The second kappa shape index (κ2) is 10.3. The molecule has 0 bridgehead atoms. The van der Waals surface area contributed by atoms with Crippen molar-refractivity contribution in [1.29, 1.82) is 0 Å². The fourth-order valence-electron chi connectivity index (χ4n) is 4.26. The first-order valence-electron chi connectivity index (χ1n) is 11.7. The van der Waals surface area contributed by atoms with Crippen molar-refractivity contribution in [1.82, 2.24) is 0 Å². The molecule has 1 aromatic heterocycles. The summed E-state index contributed by atoms with van der Waals surface area (Å²) in [6, 6.07) is 22.5. The molecule has 36 heavy (non-hydrogen) atoms. The third-order valence-electron chi connectivity index (χ3n) is 6.30. The Morgan fingerprint density at radius 1 is 1.06 bits per heavy atom. The lowest BCUT2D eigenvalue weighted by atomic mass is 9.99. The maximum absolute atomic E-state index is 14.1. The number of hydrogen-bond acceptors (Lipinski definition) is 4. The Balaban J connectivity index is 1.36. The van der Waals surface area contributed by atoms with E-state index in [1.807, 2.05) is 18.2 Å². The van der Waals surface area contributed by atoms with E-state index in [0.717, 1.165) is 27.3 Å². The number of carbonyl (C=O) groups excluding carboxylic acids is 1. The van der Waals surface area contributed by atoms with E-state index in [4.69, 9.17) is 21.1 Å². The standard InChI is InChI=1S/C29H25ClFNO3S/c1-17(22-5-3-4-6-24(22)31)35-29(33)32-25-16-27(30)36-28(25)21-13-14-23(26(15-21)34-2)20-11-9-19(10-12-20)18-7-8-18/h3-6,9-18H,7-8H2,1-2H3,(H,32,33). The van der Waals surface area contributed by atoms with Crippen LogP contribution in [0.15, 0.2) is 72.8 Å². The van der Waals surface area contributed by atoms with Crippen LogP contribution < -0.4 is 10.1 Å². The summed E-state index contributed by atoms with van der Waals surface area (Å²) in [4.78, 5) is 13.4. The Labute approximate surface area is 218 Å². The third kappa shape index (κ3) is 5.25. The van der Waals surface area contributed by atoms with Gasteiger partial charge in [0.1, 0.15) is 17.7 Å². The van der Waals surface area contributed by atoms with Gasteiger partial charge in [0.2, 0.25) is 0 Å². The van der Waals surface area contributed by atoms with Gasteiger partial charge in [0, 0.05) is 11.1 Å². The summed E-state index contributed by atoms with van der Waals surface area (Å²) in [6.45, 7) is 1.63. The number of ether oxygens (including phenoxy) is 2. The minimum Gasteiger partial charge on any atom is -0.496 e. The van der Waals surface area contributed by atoms with Crippen molar-refractivity contribution < 1.29 is 18.7 Å². The predicted molar refractivity (Wildman–Crippen MR) is 144 cm³/mol. The van der Waals surface area contributed by atoms with Crippen LogP contribution in [-0.4, -0.2) is 13.2 Å². The molecule has 1 N–H and O–H groups in total. The molecule has 7 heteroatoms. The summed E-state index contributed by atoms with van der Waals surface area (Å²) in [5, 5.41) is 2.76. The van der Waals surface area contributed by atoms with E-state index >= 15 is 0 Å². The number of methoxy groups -OCH3 is 1. The first kappa shape index (κ1) is 24.3. The molecule has 0 saturated heterocycles. The molecule has 4 aromatic rings. The van der Waals surface area contributed by atoms with Crippen LogP contribution in [0.25, 0.3) is 21.6 Å². The smallest absolute Gasteiger partial charge is 0.412 e. The van der Waals surface area contributed by atoms with E-state index in [-0.39, 0.29) is 0 Å². The molecular formula is C29H25ClFNO3S. The molecule has 1 aliphatic carbocycles. The van der Waals surface area contributed by atoms with Gasteiger partial charge in [0.15, 0.2) is 0 Å². The summed E-state index contributed by atoms with van der Waals surface area (Å²) >= 11 is 7.65. The van der Waals surface area contributed by atoms with E-state index in [0.29, 0.717) is 21.5 Å². The van der Waals surface area contributed by atoms with Gasteiger partial charge in [-0.3, -0.25) is 5.32 Å². The highest BCUT2D eigenvalue weighted by Gasteiger charge is 2.23. The third-order valence-corrected chi connectivity index (χ3v) is 7.61. The van der Waals surface area contributed by atoms with Gasteiger partial charge in [-0.15, -0.1) is 11.3 Å². The fourth-order valence-corrected chi connectivity index (χ4v) is 5.44. The van der Waals surface area contributed by atoms with Crippen LogP contribution >= 0.6 is 22.9 Å².